The van der Waals surface area contributed by atoms with Crippen LogP contribution in [0.25, 0.3) is 0 Å². The molecule has 3 unspecified atom stereocenters. The third-order valence-corrected chi connectivity index (χ3v) is 5.20. The molecule has 0 saturated heterocycles. The molecule has 0 radical (unpaired) electrons. The predicted octanol–water partition coefficient (Wildman–Crippen LogP) is 2.82. The highest BCUT2D eigenvalue weighted by Gasteiger charge is 2.55. The Labute approximate surface area is 123 Å². The Morgan fingerprint density at radius 2 is 2.05 bits per heavy atom. The molecule has 0 aromatic rings. The van der Waals surface area contributed by atoms with Crippen LogP contribution in [0.2, 0.25) is 0 Å². The average Bonchev–Trinajstić information content (AvgIpc) is 2.47. The number of hydrogen-bond acceptors (Lipinski definition) is 2. The SMILES string of the molecule is CCOC1CC(N=C(N)NC(C)CC)C12CCCCC2. The molecule has 0 aromatic heterocycles. The fourth-order valence-corrected chi connectivity index (χ4v) is 3.77. The molecule has 4 heteroatoms. The standard InChI is InChI=1S/C16H31N3O/c1-4-12(3)18-15(17)19-13-11-14(20-5-2)16(13)9-7-6-8-10-16/h12-14H,4-11H2,1-3H3,(H3,17,18,19). The van der Waals surface area contributed by atoms with E-state index in [1.807, 2.05) is 0 Å². The van der Waals surface area contributed by atoms with E-state index < -0.39 is 0 Å². The summed E-state index contributed by atoms with van der Waals surface area (Å²) in [5.74, 6) is 0.615. The normalized spacial score (nSPS) is 30.9. The highest BCUT2D eigenvalue weighted by atomic mass is 16.5. The Kier molecular flexibility index (Phi) is 5.30. The molecule has 0 bridgehead atoms. The molecule has 0 heterocycles. The summed E-state index contributed by atoms with van der Waals surface area (Å²) in [6.45, 7) is 7.19. The first-order valence-corrected chi connectivity index (χ1v) is 8.33. The van der Waals surface area contributed by atoms with E-state index in [9.17, 15) is 0 Å². The number of nitrogens with zero attached hydrogens (tertiary/aromatic N) is 1. The Hall–Kier alpha value is -0.770. The largest absolute Gasteiger partial charge is 0.378 e. The van der Waals surface area contributed by atoms with E-state index in [2.05, 4.69) is 26.1 Å². The zero-order valence-corrected chi connectivity index (χ0v) is 13.3. The second kappa shape index (κ2) is 6.79. The fourth-order valence-electron chi connectivity index (χ4n) is 3.77. The number of guanidine groups is 1. The van der Waals surface area contributed by atoms with E-state index in [1.54, 1.807) is 0 Å². The zero-order valence-electron chi connectivity index (χ0n) is 13.3. The van der Waals surface area contributed by atoms with E-state index in [0.29, 0.717) is 24.1 Å². The highest BCUT2D eigenvalue weighted by molar-refractivity contribution is 5.78. The van der Waals surface area contributed by atoms with E-state index in [-0.39, 0.29) is 5.41 Å². The van der Waals surface area contributed by atoms with Crippen LogP contribution < -0.4 is 11.1 Å². The molecule has 2 fully saturated rings. The number of nitrogens with two attached hydrogens (primary N) is 1. The van der Waals surface area contributed by atoms with Gasteiger partial charge in [-0.25, -0.2) is 4.99 Å². The highest BCUT2D eigenvalue weighted by Crippen LogP contribution is 2.54. The lowest BCUT2D eigenvalue weighted by Crippen LogP contribution is -2.59. The third-order valence-electron chi connectivity index (χ3n) is 5.20. The van der Waals surface area contributed by atoms with Gasteiger partial charge < -0.3 is 15.8 Å². The van der Waals surface area contributed by atoms with Gasteiger partial charge in [0.2, 0.25) is 0 Å². The first-order chi connectivity index (χ1) is 9.62. The van der Waals surface area contributed by atoms with E-state index in [1.165, 1.54) is 32.1 Å². The molecule has 0 aliphatic heterocycles. The van der Waals surface area contributed by atoms with Crippen molar-refractivity contribution in [1.29, 1.82) is 0 Å². The lowest BCUT2D eigenvalue weighted by atomic mass is 9.55. The zero-order chi connectivity index (χ0) is 14.6. The number of ether oxygens (including phenoxy) is 1. The minimum absolute atomic E-state index is 0.274. The van der Waals surface area contributed by atoms with Gasteiger partial charge in [-0.3, -0.25) is 0 Å². The van der Waals surface area contributed by atoms with Crippen molar-refractivity contribution < 1.29 is 4.74 Å². The molecule has 3 atom stereocenters. The second-order valence-corrected chi connectivity index (χ2v) is 6.46. The second-order valence-electron chi connectivity index (χ2n) is 6.46. The van der Waals surface area contributed by atoms with Gasteiger partial charge in [-0.15, -0.1) is 0 Å². The molecule has 1 spiro atoms. The van der Waals surface area contributed by atoms with Crippen LogP contribution >= 0.6 is 0 Å². The van der Waals surface area contributed by atoms with E-state index in [0.717, 1.165) is 19.4 Å². The molecule has 0 amide bonds. The quantitative estimate of drug-likeness (QED) is 0.602. The Bertz CT molecular complexity index is 337. The maximum Gasteiger partial charge on any atom is 0.189 e. The Morgan fingerprint density at radius 1 is 1.35 bits per heavy atom. The molecule has 20 heavy (non-hydrogen) atoms. The summed E-state index contributed by atoms with van der Waals surface area (Å²) in [5.41, 5.74) is 6.34. The van der Waals surface area contributed by atoms with Gasteiger partial charge in [0.05, 0.1) is 12.1 Å². The topological polar surface area (TPSA) is 59.6 Å². The lowest BCUT2D eigenvalue weighted by molar-refractivity contribution is -0.139. The van der Waals surface area contributed by atoms with Gasteiger partial charge >= 0.3 is 0 Å². The molecule has 2 aliphatic carbocycles. The molecule has 0 aromatic carbocycles. The van der Waals surface area contributed by atoms with Crippen LogP contribution in [0.5, 0.6) is 0 Å². The van der Waals surface area contributed by atoms with Gasteiger partial charge in [0.25, 0.3) is 0 Å². The average molecular weight is 281 g/mol. The minimum Gasteiger partial charge on any atom is -0.378 e. The maximum absolute atomic E-state index is 6.07. The van der Waals surface area contributed by atoms with Crippen molar-refractivity contribution in [2.45, 2.75) is 83.9 Å². The van der Waals surface area contributed by atoms with Crippen LogP contribution in [0.1, 0.15) is 65.7 Å². The summed E-state index contributed by atoms with van der Waals surface area (Å²) in [7, 11) is 0. The molecular formula is C16H31N3O. The predicted molar refractivity (Wildman–Crippen MR) is 83.8 cm³/mol. The molecular weight excluding hydrogens is 250 g/mol. The van der Waals surface area contributed by atoms with Crippen LogP contribution in [0.4, 0.5) is 0 Å². The van der Waals surface area contributed by atoms with Crippen molar-refractivity contribution in [3.63, 3.8) is 0 Å². The smallest absolute Gasteiger partial charge is 0.189 e. The Morgan fingerprint density at radius 3 is 2.65 bits per heavy atom. The van der Waals surface area contributed by atoms with Crippen molar-refractivity contribution in [3.05, 3.63) is 0 Å². The number of nitrogens with one attached hydrogen (secondary N) is 1. The molecule has 2 rings (SSSR count). The summed E-state index contributed by atoms with van der Waals surface area (Å²) >= 11 is 0. The van der Waals surface area contributed by atoms with E-state index in [4.69, 9.17) is 15.5 Å². The van der Waals surface area contributed by atoms with Crippen molar-refractivity contribution in [1.82, 2.24) is 5.32 Å². The van der Waals surface area contributed by atoms with Crippen molar-refractivity contribution in [2.75, 3.05) is 6.61 Å². The van der Waals surface area contributed by atoms with Crippen LogP contribution in [0.15, 0.2) is 4.99 Å². The number of aliphatic imine (C=N–C) groups is 1. The summed E-state index contributed by atoms with van der Waals surface area (Å²) in [4.78, 5) is 4.78. The fraction of sp³-hybridized carbons (Fsp3) is 0.938. The summed E-state index contributed by atoms with van der Waals surface area (Å²) < 4.78 is 5.95. The first-order valence-electron chi connectivity index (χ1n) is 8.33. The summed E-state index contributed by atoms with van der Waals surface area (Å²) in [6, 6.07) is 0.750. The molecule has 4 nitrogen and oxygen atoms in total. The van der Waals surface area contributed by atoms with Crippen molar-refractivity contribution in [2.24, 2.45) is 16.1 Å². The molecule has 3 N–H and O–H groups in total. The first kappa shape index (κ1) is 15.6. The monoisotopic (exact) mass is 281 g/mol. The van der Waals surface area contributed by atoms with Crippen molar-refractivity contribution in [3.8, 4) is 0 Å². The Balaban J connectivity index is 2.02. The molecule has 2 aliphatic rings. The molecule has 116 valence electrons. The lowest BCUT2D eigenvalue weighted by Gasteiger charge is -2.56. The van der Waals surface area contributed by atoms with Gasteiger partial charge in [0.1, 0.15) is 0 Å². The summed E-state index contributed by atoms with van der Waals surface area (Å²) in [5, 5.41) is 3.28. The minimum atomic E-state index is 0.274. The van der Waals surface area contributed by atoms with Crippen molar-refractivity contribution >= 4 is 5.96 Å². The van der Waals surface area contributed by atoms with E-state index >= 15 is 0 Å². The van der Waals surface area contributed by atoms with Gasteiger partial charge in [0, 0.05) is 18.1 Å². The van der Waals surface area contributed by atoms with Gasteiger partial charge in [-0.2, -0.15) is 0 Å². The third kappa shape index (κ3) is 3.11. The van der Waals surface area contributed by atoms with Gasteiger partial charge in [-0.05, 0) is 39.5 Å². The molecule has 2 saturated carbocycles. The summed E-state index contributed by atoms with van der Waals surface area (Å²) in [6.07, 6.45) is 8.99. The van der Waals surface area contributed by atoms with Crippen LogP contribution in [-0.4, -0.2) is 30.8 Å². The maximum atomic E-state index is 6.07. The number of rotatable bonds is 5. The van der Waals surface area contributed by atoms with Crippen LogP contribution in [0, 0.1) is 5.41 Å². The van der Waals surface area contributed by atoms with Gasteiger partial charge in [0.15, 0.2) is 5.96 Å². The van der Waals surface area contributed by atoms with Crippen LogP contribution in [-0.2, 0) is 4.74 Å². The van der Waals surface area contributed by atoms with Crippen LogP contribution in [0.3, 0.4) is 0 Å². The van der Waals surface area contributed by atoms with Gasteiger partial charge in [-0.1, -0.05) is 26.2 Å². The number of hydrogen-bond donors (Lipinski definition) is 2.